The molecule has 7 nitrogen and oxygen atoms in total. The van der Waals surface area contributed by atoms with E-state index in [2.05, 4.69) is 10.6 Å². The summed E-state index contributed by atoms with van der Waals surface area (Å²) < 4.78 is 5.05. The van der Waals surface area contributed by atoms with Gasteiger partial charge in [0, 0.05) is 6.54 Å². The van der Waals surface area contributed by atoms with E-state index in [0.717, 1.165) is 6.42 Å². The molecule has 1 heterocycles. The first-order chi connectivity index (χ1) is 8.54. The standard InChI is InChI=1S/C11H18N2O5/c1-2-5-12-9(14)6-13-10(15)7-3-4-8(18-7)11(16)17/h7-8H,2-6H2,1H3,(H,12,14)(H,13,15)(H,16,17). The van der Waals surface area contributed by atoms with Gasteiger partial charge in [0.15, 0.2) is 6.10 Å². The van der Waals surface area contributed by atoms with Crippen LogP contribution in [0, 0.1) is 0 Å². The smallest absolute Gasteiger partial charge is 0.332 e. The number of aliphatic carboxylic acids is 1. The molecule has 1 saturated heterocycles. The largest absolute Gasteiger partial charge is 0.479 e. The van der Waals surface area contributed by atoms with Gasteiger partial charge in [-0.15, -0.1) is 0 Å². The van der Waals surface area contributed by atoms with Crippen LogP contribution in [-0.2, 0) is 19.1 Å². The zero-order valence-electron chi connectivity index (χ0n) is 10.3. The summed E-state index contributed by atoms with van der Waals surface area (Å²) in [5, 5.41) is 13.7. The molecule has 1 fully saturated rings. The monoisotopic (exact) mass is 258 g/mol. The van der Waals surface area contributed by atoms with Gasteiger partial charge >= 0.3 is 5.97 Å². The highest BCUT2D eigenvalue weighted by Crippen LogP contribution is 2.19. The van der Waals surface area contributed by atoms with Crippen molar-refractivity contribution in [2.45, 2.75) is 38.4 Å². The Labute approximate surface area is 105 Å². The van der Waals surface area contributed by atoms with Crippen LogP contribution in [0.2, 0.25) is 0 Å². The van der Waals surface area contributed by atoms with Crippen molar-refractivity contribution in [3.63, 3.8) is 0 Å². The Kier molecular flexibility index (Phi) is 5.57. The lowest BCUT2D eigenvalue weighted by Crippen LogP contribution is -2.42. The number of carboxylic acid groups (broad SMARTS) is 1. The predicted octanol–water partition coefficient (Wildman–Crippen LogP) is -0.739. The molecule has 0 spiro atoms. The molecule has 7 heteroatoms. The summed E-state index contributed by atoms with van der Waals surface area (Å²) in [5.74, 6) is -1.77. The van der Waals surface area contributed by atoms with E-state index in [1.807, 2.05) is 6.92 Å². The topological polar surface area (TPSA) is 105 Å². The molecule has 0 aromatic heterocycles. The fourth-order valence-corrected chi connectivity index (χ4v) is 1.62. The maximum absolute atomic E-state index is 11.6. The summed E-state index contributed by atoms with van der Waals surface area (Å²) in [5.41, 5.74) is 0. The Morgan fingerprint density at radius 3 is 2.44 bits per heavy atom. The number of carbonyl (C=O) groups is 3. The van der Waals surface area contributed by atoms with Crippen molar-refractivity contribution < 1.29 is 24.2 Å². The minimum Gasteiger partial charge on any atom is -0.479 e. The van der Waals surface area contributed by atoms with Gasteiger partial charge in [-0.3, -0.25) is 9.59 Å². The molecule has 0 radical (unpaired) electrons. The second-order valence-corrected chi connectivity index (χ2v) is 4.10. The summed E-state index contributed by atoms with van der Waals surface area (Å²) in [6.07, 6.45) is -0.194. The quantitative estimate of drug-likeness (QED) is 0.582. The Bertz CT molecular complexity index is 331. The van der Waals surface area contributed by atoms with Gasteiger partial charge in [-0.25, -0.2) is 4.79 Å². The first-order valence-electron chi connectivity index (χ1n) is 5.97. The second-order valence-electron chi connectivity index (χ2n) is 4.10. The van der Waals surface area contributed by atoms with Crippen LogP contribution in [0.1, 0.15) is 26.2 Å². The number of amides is 2. The number of nitrogens with one attached hydrogen (secondary N) is 2. The van der Waals surface area contributed by atoms with Crippen molar-refractivity contribution in [1.82, 2.24) is 10.6 Å². The first kappa shape index (κ1) is 14.4. The number of rotatable bonds is 6. The Morgan fingerprint density at radius 2 is 1.89 bits per heavy atom. The van der Waals surface area contributed by atoms with Crippen LogP contribution in [0.5, 0.6) is 0 Å². The highest BCUT2D eigenvalue weighted by atomic mass is 16.5. The van der Waals surface area contributed by atoms with Crippen molar-refractivity contribution in [2.75, 3.05) is 13.1 Å². The van der Waals surface area contributed by atoms with E-state index in [1.165, 1.54) is 0 Å². The third-order valence-electron chi connectivity index (χ3n) is 2.58. The molecular weight excluding hydrogens is 240 g/mol. The maximum atomic E-state index is 11.6. The predicted molar refractivity (Wildman–Crippen MR) is 61.8 cm³/mol. The SMILES string of the molecule is CCCNC(=O)CNC(=O)C1CCC(C(=O)O)O1. The van der Waals surface area contributed by atoms with Crippen LogP contribution >= 0.6 is 0 Å². The van der Waals surface area contributed by atoms with E-state index in [4.69, 9.17) is 9.84 Å². The number of hydrogen-bond acceptors (Lipinski definition) is 4. The van der Waals surface area contributed by atoms with E-state index in [1.54, 1.807) is 0 Å². The van der Waals surface area contributed by atoms with Gasteiger partial charge < -0.3 is 20.5 Å². The molecule has 0 aromatic carbocycles. The Balaban J connectivity index is 2.25. The molecule has 0 aliphatic carbocycles. The number of ether oxygens (including phenoxy) is 1. The van der Waals surface area contributed by atoms with Crippen molar-refractivity contribution in [3.8, 4) is 0 Å². The van der Waals surface area contributed by atoms with E-state index in [-0.39, 0.29) is 12.5 Å². The summed E-state index contributed by atoms with van der Waals surface area (Å²) in [6, 6.07) is 0. The first-order valence-corrected chi connectivity index (χ1v) is 5.97. The average molecular weight is 258 g/mol. The van der Waals surface area contributed by atoms with Crippen molar-refractivity contribution in [1.29, 1.82) is 0 Å². The molecule has 18 heavy (non-hydrogen) atoms. The summed E-state index contributed by atoms with van der Waals surface area (Å²) in [4.78, 5) is 33.4. The number of carbonyl (C=O) groups excluding carboxylic acids is 2. The molecule has 1 rings (SSSR count). The highest BCUT2D eigenvalue weighted by Gasteiger charge is 2.34. The van der Waals surface area contributed by atoms with Gasteiger partial charge in [0.25, 0.3) is 0 Å². The van der Waals surface area contributed by atoms with Gasteiger partial charge in [-0.05, 0) is 19.3 Å². The van der Waals surface area contributed by atoms with Crippen LogP contribution in [-0.4, -0.2) is 48.2 Å². The van der Waals surface area contributed by atoms with Gasteiger partial charge in [0.05, 0.1) is 6.54 Å². The van der Waals surface area contributed by atoms with Crippen molar-refractivity contribution in [2.24, 2.45) is 0 Å². The third-order valence-corrected chi connectivity index (χ3v) is 2.58. The van der Waals surface area contributed by atoms with Crippen LogP contribution in [0.25, 0.3) is 0 Å². The zero-order valence-corrected chi connectivity index (χ0v) is 10.3. The summed E-state index contributed by atoms with van der Waals surface area (Å²) >= 11 is 0. The van der Waals surface area contributed by atoms with Crippen LogP contribution in [0.3, 0.4) is 0 Å². The van der Waals surface area contributed by atoms with E-state index in [0.29, 0.717) is 19.4 Å². The minimum atomic E-state index is -1.06. The molecule has 2 amide bonds. The maximum Gasteiger partial charge on any atom is 0.332 e. The molecule has 2 unspecified atom stereocenters. The summed E-state index contributed by atoms with van der Waals surface area (Å²) in [6.45, 7) is 2.38. The third kappa shape index (κ3) is 4.33. The van der Waals surface area contributed by atoms with E-state index in [9.17, 15) is 14.4 Å². The molecule has 102 valence electrons. The molecule has 0 bridgehead atoms. The molecular formula is C11H18N2O5. The number of carboxylic acids is 1. The van der Waals surface area contributed by atoms with Gasteiger partial charge in [0.1, 0.15) is 6.10 Å². The van der Waals surface area contributed by atoms with Crippen LogP contribution in [0.4, 0.5) is 0 Å². The van der Waals surface area contributed by atoms with E-state index >= 15 is 0 Å². The molecule has 3 N–H and O–H groups in total. The molecule has 0 saturated carbocycles. The Morgan fingerprint density at radius 1 is 1.22 bits per heavy atom. The number of hydrogen-bond donors (Lipinski definition) is 3. The van der Waals surface area contributed by atoms with Crippen molar-refractivity contribution in [3.05, 3.63) is 0 Å². The molecule has 2 atom stereocenters. The normalized spacial score (nSPS) is 22.5. The Hall–Kier alpha value is -1.63. The van der Waals surface area contributed by atoms with Gasteiger partial charge in [0.2, 0.25) is 11.8 Å². The second kappa shape index (κ2) is 6.95. The average Bonchev–Trinajstić information content (AvgIpc) is 2.83. The lowest BCUT2D eigenvalue weighted by molar-refractivity contribution is -0.152. The lowest BCUT2D eigenvalue weighted by atomic mass is 10.2. The van der Waals surface area contributed by atoms with Crippen LogP contribution < -0.4 is 10.6 Å². The fourth-order valence-electron chi connectivity index (χ4n) is 1.62. The van der Waals surface area contributed by atoms with E-state index < -0.39 is 24.1 Å². The lowest BCUT2D eigenvalue weighted by Gasteiger charge is -2.11. The molecule has 1 aliphatic rings. The highest BCUT2D eigenvalue weighted by molar-refractivity contribution is 5.87. The van der Waals surface area contributed by atoms with Gasteiger partial charge in [-0.1, -0.05) is 6.92 Å². The van der Waals surface area contributed by atoms with Crippen LogP contribution in [0.15, 0.2) is 0 Å². The minimum absolute atomic E-state index is 0.115. The van der Waals surface area contributed by atoms with Gasteiger partial charge in [-0.2, -0.15) is 0 Å². The zero-order chi connectivity index (χ0) is 13.5. The van der Waals surface area contributed by atoms with Crippen molar-refractivity contribution >= 4 is 17.8 Å². The molecule has 0 aromatic rings. The fraction of sp³-hybridized carbons (Fsp3) is 0.727. The molecule has 1 aliphatic heterocycles. The summed E-state index contributed by atoms with van der Waals surface area (Å²) in [7, 11) is 0.